The van der Waals surface area contributed by atoms with Crippen molar-refractivity contribution in [3.63, 3.8) is 0 Å². The summed E-state index contributed by atoms with van der Waals surface area (Å²) < 4.78 is 5.14. The first-order valence-electron chi connectivity index (χ1n) is 2.82. The maximum absolute atomic E-state index is 8.57. The van der Waals surface area contributed by atoms with E-state index < -0.39 is 0 Å². The van der Waals surface area contributed by atoms with Crippen molar-refractivity contribution < 1.29 is 9.84 Å². The average molecular weight is 147 g/mol. The van der Waals surface area contributed by atoms with E-state index in [0.717, 1.165) is 0 Å². The third kappa shape index (κ3) is 1.69. The van der Waals surface area contributed by atoms with E-state index in [1.165, 1.54) is 5.37 Å². The molecule has 1 heterocycles. The van der Waals surface area contributed by atoms with Gasteiger partial charge in [0.05, 0.1) is 12.7 Å². The maximum atomic E-state index is 8.57. The molecule has 2 atom stereocenters. The summed E-state index contributed by atoms with van der Waals surface area (Å²) in [6, 6.07) is 0. The SMILES string of the molecule is OCC1CNC(C=S)O1. The fourth-order valence-electron chi connectivity index (χ4n) is 0.739. The second-order valence-electron chi connectivity index (χ2n) is 1.91. The van der Waals surface area contributed by atoms with Gasteiger partial charge in [-0.05, 0) is 0 Å². The lowest BCUT2D eigenvalue weighted by Gasteiger charge is -2.03. The summed E-state index contributed by atoms with van der Waals surface area (Å²) >= 11 is 4.62. The lowest BCUT2D eigenvalue weighted by molar-refractivity contribution is 0.0426. The predicted molar refractivity (Wildman–Crippen MR) is 37.4 cm³/mol. The van der Waals surface area contributed by atoms with Gasteiger partial charge in [-0.1, -0.05) is 12.2 Å². The maximum Gasteiger partial charge on any atom is 0.138 e. The first kappa shape index (κ1) is 7.08. The van der Waals surface area contributed by atoms with Crippen LogP contribution in [0, 0.1) is 0 Å². The van der Waals surface area contributed by atoms with E-state index in [1.54, 1.807) is 0 Å². The number of hydrogen-bond acceptors (Lipinski definition) is 4. The van der Waals surface area contributed by atoms with Crippen molar-refractivity contribution in [2.45, 2.75) is 12.3 Å². The van der Waals surface area contributed by atoms with E-state index in [2.05, 4.69) is 17.5 Å². The normalized spacial score (nSPS) is 34.8. The highest BCUT2D eigenvalue weighted by atomic mass is 32.1. The van der Waals surface area contributed by atoms with Crippen molar-refractivity contribution in [1.29, 1.82) is 0 Å². The van der Waals surface area contributed by atoms with Crippen LogP contribution >= 0.6 is 12.2 Å². The molecule has 0 amide bonds. The molecule has 1 fully saturated rings. The third-order valence-electron chi connectivity index (χ3n) is 1.21. The zero-order valence-corrected chi connectivity index (χ0v) is 5.73. The van der Waals surface area contributed by atoms with E-state index in [-0.39, 0.29) is 18.9 Å². The monoisotopic (exact) mass is 147 g/mol. The zero-order chi connectivity index (χ0) is 6.69. The summed E-state index contributed by atoms with van der Waals surface area (Å²) in [7, 11) is 0. The van der Waals surface area contributed by atoms with Gasteiger partial charge in [-0.2, -0.15) is 0 Å². The molecule has 1 aliphatic heterocycles. The number of hydrogen-bond donors (Lipinski definition) is 2. The summed E-state index contributed by atoms with van der Waals surface area (Å²) in [5, 5.41) is 13.0. The highest BCUT2D eigenvalue weighted by Gasteiger charge is 2.20. The molecule has 2 N–H and O–H groups in total. The third-order valence-corrected chi connectivity index (χ3v) is 1.46. The van der Waals surface area contributed by atoms with Crippen LogP contribution in [0.1, 0.15) is 0 Å². The first-order chi connectivity index (χ1) is 4.36. The van der Waals surface area contributed by atoms with E-state index in [0.29, 0.717) is 6.54 Å². The van der Waals surface area contributed by atoms with E-state index in [9.17, 15) is 0 Å². The largest absolute Gasteiger partial charge is 0.394 e. The Morgan fingerprint density at radius 2 is 2.67 bits per heavy atom. The molecule has 0 aromatic rings. The minimum Gasteiger partial charge on any atom is -0.394 e. The van der Waals surface area contributed by atoms with Gasteiger partial charge in [0.1, 0.15) is 6.23 Å². The van der Waals surface area contributed by atoms with Crippen LogP contribution in [0.5, 0.6) is 0 Å². The fraction of sp³-hybridized carbons (Fsp3) is 0.800. The average Bonchev–Trinajstić information content (AvgIpc) is 2.34. The number of thiocarbonyl (C=S) groups is 1. The lowest BCUT2D eigenvalue weighted by Crippen LogP contribution is -2.22. The number of ether oxygens (including phenoxy) is 1. The summed E-state index contributed by atoms with van der Waals surface area (Å²) in [5.74, 6) is 0. The summed E-state index contributed by atoms with van der Waals surface area (Å²) in [6.45, 7) is 0.751. The highest BCUT2D eigenvalue weighted by Crippen LogP contribution is 2.01. The van der Waals surface area contributed by atoms with Gasteiger partial charge in [-0.25, -0.2) is 0 Å². The Labute approximate surface area is 59.0 Å². The van der Waals surface area contributed by atoms with Crippen LogP contribution in [0.15, 0.2) is 0 Å². The molecule has 3 nitrogen and oxygen atoms in total. The Morgan fingerprint density at radius 3 is 3.00 bits per heavy atom. The highest BCUT2D eigenvalue weighted by molar-refractivity contribution is 7.79. The van der Waals surface area contributed by atoms with Gasteiger partial charge in [0, 0.05) is 11.9 Å². The number of aliphatic hydroxyl groups is 1. The molecule has 4 heteroatoms. The van der Waals surface area contributed by atoms with Crippen LogP contribution in [0.4, 0.5) is 0 Å². The number of aliphatic hydroxyl groups excluding tert-OH is 1. The fourth-order valence-corrected chi connectivity index (χ4v) is 0.899. The van der Waals surface area contributed by atoms with Crippen LogP contribution in [-0.2, 0) is 4.74 Å². The van der Waals surface area contributed by atoms with E-state index in [1.807, 2.05) is 0 Å². The predicted octanol–water partition coefficient (Wildman–Crippen LogP) is -0.707. The Balaban J connectivity index is 2.28. The molecule has 1 aliphatic rings. The van der Waals surface area contributed by atoms with Crippen molar-refractivity contribution in [1.82, 2.24) is 5.32 Å². The van der Waals surface area contributed by atoms with Gasteiger partial charge in [-0.15, -0.1) is 0 Å². The molecule has 9 heavy (non-hydrogen) atoms. The van der Waals surface area contributed by atoms with Gasteiger partial charge in [0.15, 0.2) is 0 Å². The van der Waals surface area contributed by atoms with Gasteiger partial charge in [-0.3, -0.25) is 5.32 Å². The van der Waals surface area contributed by atoms with Gasteiger partial charge in [0.25, 0.3) is 0 Å². The van der Waals surface area contributed by atoms with Crippen LogP contribution in [-0.4, -0.2) is 36.0 Å². The lowest BCUT2D eigenvalue weighted by atomic mass is 10.4. The smallest absolute Gasteiger partial charge is 0.138 e. The summed E-state index contributed by atoms with van der Waals surface area (Å²) in [6.07, 6.45) is -0.216. The molecular weight excluding hydrogens is 138 g/mol. The zero-order valence-electron chi connectivity index (χ0n) is 4.91. The molecule has 0 spiro atoms. The Kier molecular flexibility index (Phi) is 2.53. The minimum absolute atomic E-state index is 0.0622. The molecule has 0 aromatic heterocycles. The van der Waals surface area contributed by atoms with Crippen molar-refractivity contribution >= 4 is 17.6 Å². The van der Waals surface area contributed by atoms with Crippen molar-refractivity contribution in [2.24, 2.45) is 0 Å². The quantitative estimate of drug-likeness (QED) is 0.506. The molecule has 0 saturated carbocycles. The van der Waals surface area contributed by atoms with E-state index >= 15 is 0 Å². The first-order valence-corrected chi connectivity index (χ1v) is 3.29. The van der Waals surface area contributed by atoms with E-state index in [4.69, 9.17) is 9.84 Å². The molecule has 52 valence electrons. The van der Waals surface area contributed by atoms with Gasteiger partial charge < -0.3 is 9.84 Å². The second-order valence-corrected chi connectivity index (χ2v) is 2.18. The number of rotatable bonds is 2. The van der Waals surface area contributed by atoms with Crippen LogP contribution < -0.4 is 5.32 Å². The molecular formula is C5H9NO2S. The second kappa shape index (κ2) is 3.22. The number of nitrogens with one attached hydrogen (secondary N) is 1. The molecule has 1 saturated heterocycles. The molecule has 0 bridgehead atoms. The van der Waals surface area contributed by atoms with Gasteiger partial charge >= 0.3 is 0 Å². The molecule has 0 radical (unpaired) electrons. The molecule has 0 aliphatic carbocycles. The standard InChI is InChI=1S/C5H9NO2S/c7-2-4-1-6-5(3-9)8-4/h3-7H,1-2H2. The summed E-state index contributed by atoms with van der Waals surface area (Å²) in [4.78, 5) is 0. The molecule has 1 rings (SSSR count). The minimum atomic E-state index is -0.142. The Bertz CT molecular complexity index is 109. The molecule has 2 unspecified atom stereocenters. The molecule has 0 aromatic carbocycles. The van der Waals surface area contributed by atoms with Crippen LogP contribution in [0.25, 0.3) is 0 Å². The van der Waals surface area contributed by atoms with Crippen molar-refractivity contribution in [3.05, 3.63) is 0 Å². The topological polar surface area (TPSA) is 41.5 Å². The van der Waals surface area contributed by atoms with Crippen molar-refractivity contribution in [3.8, 4) is 0 Å². The van der Waals surface area contributed by atoms with Crippen molar-refractivity contribution in [2.75, 3.05) is 13.2 Å². The van der Waals surface area contributed by atoms with Gasteiger partial charge in [0.2, 0.25) is 0 Å². The van der Waals surface area contributed by atoms with Crippen LogP contribution in [0.3, 0.4) is 0 Å². The summed E-state index contributed by atoms with van der Waals surface area (Å²) in [5.41, 5.74) is 0. The Morgan fingerprint density at radius 1 is 1.89 bits per heavy atom. The van der Waals surface area contributed by atoms with Crippen LogP contribution in [0.2, 0.25) is 0 Å². The Hall–Kier alpha value is -0.0300.